The van der Waals surface area contributed by atoms with E-state index in [9.17, 15) is 19.2 Å². The Balaban J connectivity index is 1.11. The number of benzene rings is 2. The van der Waals surface area contributed by atoms with Crippen LogP contribution in [0.3, 0.4) is 0 Å². The first-order chi connectivity index (χ1) is 17.5. The van der Waals surface area contributed by atoms with Gasteiger partial charge in [0.2, 0.25) is 11.8 Å². The van der Waals surface area contributed by atoms with Gasteiger partial charge in [0.15, 0.2) is 0 Å². The first kappa shape index (κ1) is 22.7. The molecule has 2 aromatic rings. The van der Waals surface area contributed by atoms with Gasteiger partial charge in [-0.1, -0.05) is 25.5 Å². The van der Waals surface area contributed by atoms with Crippen LogP contribution in [0.2, 0.25) is 0 Å². The highest BCUT2D eigenvalue weighted by Gasteiger charge is 2.67. The lowest BCUT2D eigenvalue weighted by atomic mass is 9.63. The van der Waals surface area contributed by atoms with Crippen molar-refractivity contribution < 1.29 is 23.9 Å². The van der Waals surface area contributed by atoms with Gasteiger partial charge in [-0.25, -0.2) is 4.79 Å². The first-order valence-corrected chi connectivity index (χ1v) is 12.7. The van der Waals surface area contributed by atoms with Gasteiger partial charge in [0.05, 0.1) is 29.7 Å². The lowest BCUT2D eigenvalue weighted by Crippen LogP contribution is -2.40. The van der Waals surface area contributed by atoms with Gasteiger partial charge in [-0.3, -0.25) is 19.3 Å². The molecule has 7 rings (SSSR count). The molecule has 2 aromatic carbocycles. The molecule has 7 heteroatoms. The van der Waals surface area contributed by atoms with Crippen LogP contribution in [0.15, 0.2) is 60.7 Å². The summed E-state index contributed by atoms with van der Waals surface area (Å²) in [5, 5.41) is 2.81. The molecular formula is C29H28N2O5. The Morgan fingerprint density at radius 1 is 0.889 bits per heavy atom. The molecule has 6 atom stereocenters. The second kappa shape index (κ2) is 8.73. The van der Waals surface area contributed by atoms with Crippen molar-refractivity contribution in [2.45, 2.75) is 26.2 Å². The second-order valence-corrected chi connectivity index (χ2v) is 10.2. The normalized spacial score (nSPS) is 29.1. The van der Waals surface area contributed by atoms with Crippen LogP contribution in [0.4, 0.5) is 11.4 Å². The first-order valence-electron chi connectivity index (χ1n) is 12.7. The third-order valence-electron chi connectivity index (χ3n) is 8.16. The Morgan fingerprint density at radius 2 is 1.47 bits per heavy atom. The van der Waals surface area contributed by atoms with E-state index < -0.39 is 0 Å². The zero-order valence-corrected chi connectivity index (χ0v) is 20.1. The largest absolute Gasteiger partial charge is 0.462 e. The molecule has 3 fully saturated rings. The molecule has 5 aliphatic rings. The smallest absolute Gasteiger partial charge is 0.338 e. The Hall–Kier alpha value is -3.74. The molecule has 184 valence electrons. The van der Waals surface area contributed by atoms with Gasteiger partial charge in [0.1, 0.15) is 0 Å². The van der Waals surface area contributed by atoms with Crippen LogP contribution in [0, 0.1) is 35.5 Å². The number of hydrogen-bond donors (Lipinski definition) is 1. The van der Waals surface area contributed by atoms with Crippen molar-refractivity contribution in [3.63, 3.8) is 0 Å². The molecule has 2 saturated carbocycles. The number of allylic oxidation sites excluding steroid dienone is 2. The van der Waals surface area contributed by atoms with Crippen LogP contribution >= 0.6 is 0 Å². The number of carbonyl (C=O) groups excluding carboxylic acids is 4. The fourth-order valence-corrected chi connectivity index (χ4v) is 6.26. The average Bonchev–Trinajstić information content (AvgIpc) is 3.67. The van der Waals surface area contributed by atoms with E-state index in [-0.39, 0.29) is 47.4 Å². The van der Waals surface area contributed by atoms with Crippen molar-refractivity contribution in [2.24, 2.45) is 35.5 Å². The predicted octanol–water partition coefficient (Wildman–Crippen LogP) is 4.45. The van der Waals surface area contributed by atoms with E-state index in [0.717, 1.165) is 19.3 Å². The quantitative estimate of drug-likeness (QED) is 0.271. The van der Waals surface area contributed by atoms with E-state index in [1.54, 1.807) is 48.5 Å². The predicted molar refractivity (Wildman–Crippen MR) is 133 cm³/mol. The molecule has 0 aromatic heterocycles. The van der Waals surface area contributed by atoms with Crippen molar-refractivity contribution in [3.05, 3.63) is 71.8 Å². The number of hydrogen-bond acceptors (Lipinski definition) is 5. The molecule has 3 amide bonds. The molecule has 36 heavy (non-hydrogen) atoms. The number of ether oxygens (including phenoxy) is 1. The highest BCUT2D eigenvalue weighted by atomic mass is 16.5. The van der Waals surface area contributed by atoms with Gasteiger partial charge < -0.3 is 10.1 Å². The van der Waals surface area contributed by atoms with Crippen LogP contribution in [0.5, 0.6) is 0 Å². The van der Waals surface area contributed by atoms with Gasteiger partial charge in [0.25, 0.3) is 5.91 Å². The molecular weight excluding hydrogens is 456 g/mol. The Bertz CT molecular complexity index is 1230. The molecule has 0 radical (unpaired) electrons. The molecule has 0 spiro atoms. The third-order valence-corrected chi connectivity index (χ3v) is 8.16. The molecule has 1 heterocycles. The number of imide groups is 1. The summed E-state index contributed by atoms with van der Waals surface area (Å²) in [6.45, 7) is 2.41. The zero-order valence-electron chi connectivity index (χ0n) is 20.1. The van der Waals surface area contributed by atoms with E-state index in [0.29, 0.717) is 40.9 Å². The fourth-order valence-electron chi connectivity index (χ4n) is 6.26. The maximum atomic E-state index is 13.3. The number of nitrogens with zero attached hydrogens (tertiary/aromatic N) is 1. The van der Waals surface area contributed by atoms with E-state index in [4.69, 9.17) is 4.74 Å². The molecule has 7 nitrogen and oxygen atoms in total. The molecule has 4 aliphatic carbocycles. The minimum Gasteiger partial charge on any atom is -0.462 e. The van der Waals surface area contributed by atoms with Gasteiger partial charge in [-0.15, -0.1) is 0 Å². The van der Waals surface area contributed by atoms with Crippen molar-refractivity contribution in [2.75, 3.05) is 16.8 Å². The minimum absolute atomic E-state index is 0.111. The standard InChI is InChI=1S/C29H28N2O5/c1-2-3-14-36-29(35)17-4-8-18(9-5-17)30-26(32)16-6-10-19(11-7-16)31-27(33)24-20-12-13-21(23-15-22(20)23)25(24)28(31)34/h4-13,20-25H,2-3,14-15H2,1H3,(H,30,32)/t20-,21-,22-,23+,24+,25+/m0/s1. The van der Waals surface area contributed by atoms with E-state index >= 15 is 0 Å². The summed E-state index contributed by atoms with van der Waals surface area (Å²) in [5.74, 6) is 0.0629. The van der Waals surface area contributed by atoms with Gasteiger partial charge >= 0.3 is 5.97 Å². The number of carbonyl (C=O) groups is 4. The molecule has 2 bridgehead atoms. The summed E-state index contributed by atoms with van der Waals surface area (Å²) < 4.78 is 5.20. The number of esters is 1. The summed E-state index contributed by atoms with van der Waals surface area (Å²) in [7, 11) is 0. The summed E-state index contributed by atoms with van der Waals surface area (Å²) in [4.78, 5) is 52.7. The van der Waals surface area contributed by atoms with Crippen molar-refractivity contribution in [1.29, 1.82) is 0 Å². The van der Waals surface area contributed by atoms with Crippen molar-refractivity contribution in [3.8, 4) is 0 Å². The molecule has 1 N–H and O–H groups in total. The average molecular weight is 485 g/mol. The second-order valence-electron chi connectivity index (χ2n) is 10.2. The molecule has 0 unspecified atom stereocenters. The van der Waals surface area contributed by atoms with Crippen LogP contribution in [0.1, 0.15) is 46.9 Å². The topological polar surface area (TPSA) is 92.8 Å². The van der Waals surface area contributed by atoms with Crippen LogP contribution in [-0.2, 0) is 14.3 Å². The fraction of sp³-hybridized carbons (Fsp3) is 0.379. The summed E-state index contributed by atoms with van der Waals surface area (Å²) in [5.41, 5.74) is 1.89. The van der Waals surface area contributed by atoms with Crippen molar-refractivity contribution >= 4 is 35.1 Å². The van der Waals surface area contributed by atoms with Crippen LogP contribution < -0.4 is 10.2 Å². The third kappa shape index (κ3) is 3.65. The molecule has 1 aliphatic heterocycles. The van der Waals surface area contributed by atoms with E-state index in [1.807, 2.05) is 6.92 Å². The van der Waals surface area contributed by atoms with Crippen LogP contribution in [-0.4, -0.2) is 30.3 Å². The van der Waals surface area contributed by atoms with Gasteiger partial charge in [-0.05, 0) is 85.0 Å². The lowest BCUT2D eigenvalue weighted by Gasteiger charge is -2.37. The molecule has 1 saturated heterocycles. The van der Waals surface area contributed by atoms with Crippen LogP contribution in [0.25, 0.3) is 0 Å². The Morgan fingerprint density at radius 3 is 2.06 bits per heavy atom. The van der Waals surface area contributed by atoms with E-state index in [1.165, 1.54) is 4.90 Å². The van der Waals surface area contributed by atoms with E-state index in [2.05, 4.69) is 17.5 Å². The summed E-state index contributed by atoms with van der Waals surface area (Å²) in [6.07, 6.45) is 7.21. The maximum Gasteiger partial charge on any atom is 0.338 e. The maximum absolute atomic E-state index is 13.3. The van der Waals surface area contributed by atoms with Gasteiger partial charge in [0, 0.05) is 11.3 Å². The summed E-state index contributed by atoms with van der Waals surface area (Å²) in [6, 6.07) is 13.1. The SMILES string of the molecule is CCCCOC(=O)c1ccc(NC(=O)c2ccc(N3C(=O)[C@@H]4[C@H]5C=C[C@@H]([C@@H]6C[C@H]56)[C@H]4C3=O)cc2)cc1. The lowest BCUT2D eigenvalue weighted by molar-refractivity contribution is -0.124. The number of rotatable bonds is 7. The highest BCUT2D eigenvalue weighted by molar-refractivity contribution is 6.22. The highest BCUT2D eigenvalue weighted by Crippen LogP contribution is 2.65. The number of unbranched alkanes of at least 4 members (excludes halogenated alkanes) is 1. The monoisotopic (exact) mass is 484 g/mol. The minimum atomic E-state index is -0.386. The van der Waals surface area contributed by atoms with Gasteiger partial charge in [-0.2, -0.15) is 0 Å². The number of amides is 3. The Kier molecular flexibility index (Phi) is 5.51. The summed E-state index contributed by atoms with van der Waals surface area (Å²) >= 11 is 0. The van der Waals surface area contributed by atoms with Crippen molar-refractivity contribution in [1.82, 2.24) is 0 Å². The Labute approximate surface area is 209 Å². The zero-order chi connectivity index (χ0) is 25.0. The number of anilines is 2. The number of nitrogens with one attached hydrogen (secondary N) is 1.